The van der Waals surface area contributed by atoms with Crippen molar-refractivity contribution < 1.29 is 23.1 Å². The van der Waals surface area contributed by atoms with Gasteiger partial charge in [-0.3, -0.25) is 9.69 Å². The Hall–Kier alpha value is -1.35. The summed E-state index contributed by atoms with van der Waals surface area (Å²) in [6, 6.07) is -0.692. The van der Waals surface area contributed by atoms with E-state index < -0.39 is 15.8 Å². The fraction of sp³-hybridized carbons (Fsp3) is 0.857. The second-order valence-corrected chi connectivity index (χ2v) is 8.72. The molecule has 0 radical (unpaired) electrons. The van der Waals surface area contributed by atoms with Crippen LogP contribution in [-0.4, -0.2) is 96.5 Å². The van der Waals surface area contributed by atoms with Crippen molar-refractivity contribution in [3.63, 3.8) is 0 Å². The number of likely N-dealkylation sites (tertiary alicyclic amines) is 1. The second-order valence-electron chi connectivity index (χ2n) is 6.56. The number of carbonyl (C=O) groups is 2. The van der Waals surface area contributed by atoms with Crippen molar-refractivity contribution in [2.75, 3.05) is 44.2 Å². The van der Waals surface area contributed by atoms with Gasteiger partial charge in [0.1, 0.15) is 0 Å². The number of carboxylic acid groups (broad SMARTS) is 1. The standard InChI is InChI=1S/C14H23N3O5S/c18-13(19)3-6-15-7-8-17(14(20)16-4-1-2-5-16)12-10-23(21,22)9-11(12)15/h11-12H,1-10H2,(H,18,19)/t11-,12+/m0/s1. The number of carboxylic acids is 1. The SMILES string of the molecule is O=C(O)CCN1CCN(C(=O)N2CCCC2)[C@@H]2CS(=O)(=O)C[C@@H]21. The Morgan fingerprint density at radius 2 is 1.65 bits per heavy atom. The van der Waals surface area contributed by atoms with Gasteiger partial charge in [0.15, 0.2) is 9.84 Å². The number of hydrogen-bond donors (Lipinski definition) is 1. The molecule has 23 heavy (non-hydrogen) atoms. The zero-order valence-corrected chi connectivity index (χ0v) is 13.9. The van der Waals surface area contributed by atoms with Gasteiger partial charge in [-0.1, -0.05) is 0 Å². The van der Waals surface area contributed by atoms with Gasteiger partial charge in [0, 0.05) is 38.8 Å². The molecule has 0 spiro atoms. The minimum Gasteiger partial charge on any atom is -0.481 e. The summed E-state index contributed by atoms with van der Waals surface area (Å²) in [7, 11) is -3.19. The van der Waals surface area contributed by atoms with E-state index in [2.05, 4.69) is 0 Å². The van der Waals surface area contributed by atoms with Crippen molar-refractivity contribution in [3.05, 3.63) is 0 Å². The Bertz CT molecular complexity index is 587. The average Bonchev–Trinajstić information content (AvgIpc) is 3.09. The molecule has 3 rings (SSSR count). The number of fused-ring (bicyclic) bond motifs is 1. The molecule has 2 atom stereocenters. The number of urea groups is 1. The van der Waals surface area contributed by atoms with Crippen molar-refractivity contribution >= 4 is 21.8 Å². The lowest BCUT2D eigenvalue weighted by Crippen LogP contribution is -2.62. The molecule has 0 unspecified atom stereocenters. The summed E-state index contributed by atoms with van der Waals surface area (Å²) in [5.41, 5.74) is 0. The first-order chi connectivity index (χ1) is 10.9. The molecule has 3 fully saturated rings. The van der Waals surface area contributed by atoms with Crippen molar-refractivity contribution in [2.24, 2.45) is 0 Å². The van der Waals surface area contributed by atoms with E-state index in [1.165, 1.54) is 0 Å². The molecule has 0 aliphatic carbocycles. The zero-order chi connectivity index (χ0) is 16.6. The third-order valence-electron chi connectivity index (χ3n) is 5.03. The Kier molecular flexibility index (Phi) is 4.50. The number of amides is 2. The predicted molar refractivity (Wildman–Crippen MR) is 83.0 cm³/mol. The van der Waals surface area contributed by atoms with Crippen molar-refractivity contribution in [1.82, 2.24) is 14.7 Å². The minimum absolute atomic E-state index is 0.0106. The van der Waals surface area contributed by atoms with Crippen LogP contribution < -0.4 is 0 Å². The van der Waals surface area contributed by atoms with Crippen LogP contribution in [0.25, 0.3) is 0 Å². The molecule has 0 saturated carbocycles. The fourth-order valence-corrected chi connectivity index (χ4v) is 5.88. The van der Waals surface area contributed by atoms with Crippen LogP contribution in [0.1, 0.15) is 19.3 Å². The van der Waals surface area contributed by atoms with Gasteiger partial charge in [0.05, 0.1) is 24.0 Å². The first-order valence-corrected chi connectivity index (χ1v) is 9.91. The zero-order valence-electron chi connectivity index (χ0n) is 13.1. The van der Waals surface area contributed by atoms with Crippen LogP contribution in [0.3, 0.4) is 0 Å². The number of hydrogen-bond acceptors (Lipinski definition) is 5. The maximum atomic E-state index is 12.7. The van der Waals surface area contributed by atoms with Crippen molar-refractivity contribution in [3.8, 4) is 0 Å². The third-order valence-corrected chi connectivity index (χ3v) is 6.72. The van der Waals surface area contributed by atoms with Gasteiger partial charge in [-0.25, -0.2) is 13.2 Å². The molecule has 0 aromatic heterocycles. The molecular weight excluding hydrogens is 322 g/mol. The van der Waals surface area contributed by atoms with Gasteiger partial charge >= 0.3 is 12.0 Å². The topological polar surface area (TPSA) is 98.2 Å². The molecule has 2 amide bonds. The molecule has 1 N–H and O–H groups in total. The summed E-state index contributed by atoms with van der Waals surface area (Å²) in [5.74, 6) is -0.889. The molecule has 3 saturated heterocycles. The second kappa shape index (κ2) is 6.27. The maximum absolute atomic E-state index is 12.7. The Labute approximate surface area is 135 Å². The number of nitrogens with zero attached hydrogens (tertiary/aromatic N) is 3. The summed E-state index contributed by atoms with van der Waals surface area (Å²) < 4.78 is 24.2. The maximum Gasteiger partial charge on any atom is 0.320 e. The van der Waals surface area contributed by atoms with E-state index in [0.29, 0.717) is 19.6 Å². The molecular formula is C14H23N3O5S. The van der Waals surface area contributed by atoms with Crippen LogP contribution >= 0.6 is 0 Å². The van der Waals surface area contributed by atoms with E-state index in [1.54, 1.807) is 9.80 Å². The Morgan fingerprint density at radius 3 is 2.30 bits per heavy atom. The summed E-state index contributed by atoms with van der Waals surface area (Å²) in [6.07, 6.45) is 1.98. The monoisotopic (exact) mass is 345 g/mol. The van der Waals surface area contributed by atoms with Gasteiger partial charge in [-0.05, 0) is 12.8 Å². The molecule has 3 heterocycles. The Balaban J connectivity index is 1.75. The first-order valence-electron chi connectivity index (χ1n) is 8.09. The number of piperazine rings is 1. The first kappa shape index (κ1) is 16.5. The van der Waals surface area contributed by atoms with E-state index in [-0.39, 0.29) is 36.0 Å². The van der Waals surface area contributed by atoms with Crippen molar-refractivity contribution in [2.45, 2.75) is 31.3 Å². The molecule has 8 nitrogen and oxygen atoms in total. The highest BCUT2D eigenvalue weighted by Gasteiger charge is 2.48. The highest BCUT2D eigenvalue weighted by molar-refractivity contribution is 7.91. The average molecular weight is 345 g/mol. The normalized spacial score (nSPS) is 30.4. The van der Waals surface area contributed by atoms with Crippen LogP contribution in [0.2, 0.25) is 0 Å². The number of rotatable bonds is 3. The van der Waals surface area contributed by atoms with E-state index >= 15 is 0 Å². The fourth-order valence-electron chi connectivity index (χ4n) is 3.87. The van der Waals surface area contributed by atoms with E-state index in [4.69, 9.17) is 5.11 Å². The minimum atomic E-state index is -3.19. The number of aliphatic carboxylic acids is 1. The van der Waals surface area contributed by atoms with Gasteiger partial charge in [0.2, 0.25) is 0 Å². The van der Waals surface area contributed by atoms with Gasteiger partial charge in [0.25, 0.3) is 0 Å². The number of carbonyl (C=O) groups excluding carboxylic acids is 1. The summed E-state index contributed by atoms with van der Waals surface area (Å²) in [5, 5.41) is 8.85. The molecule has 3 aliphatic heterocycles. The molecule has 130 valence electrons. The third kappa shape index (κ3) is 3.45. The summed E-state index contributed by atoms with van der Waals surface area (Å²) in [4.78, 5) is 28.9. The summed E-state index contributed by atoms with van der Waals surface area (Å²) in [6.45, 7) is 2.80. The quantitative estimate of drug-likeness (QED) is 0.738. The lowest BCUT2D eigenvalue weighted by Gasteiger charge is -2.44. The van der Waals surface area contributed by atoms with Gasteiger partial charge in [-0.15, -0.1) is 0 Å². The highest BCUT2D eigenvalue weighted by Crippen LogP contribution is 2.28. The molecule has 0 aromatic rings. The van der Waals surface area contributed by atoms with Crippen LogP contribution in [0.15, 0.2) is 0 Å². The molecule has 3 aliphatic rings. The van der Waals surface area contributed by atoms with Crippen LogP contribution in [0.4, 0.5) is 4.79 Å². The highest BCUT2D eigenvalue weighted by atomic mass is 32.2. The molecule has 9 heteroatoms. The lowest BCUT2D eigenvalue weighted by molar-refractivity contribution is -0.137. The van der Waals surface area contributed by atoms with E-state index in [0.717, 1.165) is 25.9 Å². The predicted octanol–water partition coefficient (Wildman–Crippen LogP) is -0.540. The van der Waals surface area contributed by atoms with Gasteiger partial charge < -0.3 is 14.9 Å². The largest absolute Gasteiger partial charge is 0.481 e. The summed E-state index contributed by atoms with van der Waals surface area (Å²) >= 11 is 0. The van der Waals surface area contributed by atoms with Crippen LogP contribution in [0, 0.1) is 0 Å². The van der Waals surface area contributed by atoms with Crippen LogP contribution in [-0.2, 0) is 14.6 Å². The molecule has 0 bridgehead atoms. The van der Waals surface area contributed by atoms with Gasteiger partial charge in [-0.2, -0.15) is 0 Å². The number of sulfone groups is 1. The van der Waals surface area contributed by atoms with Crippen molar-refractivity contribution in [1.29, 1.82) is 0 Å². The molecule has 0 aromatic carbocycles. The van der Waals surface area contributed by atoms with E-state index in [9.17, 15) is 18.0 Å². The Morgan fingerprint density at radius 1 is 1.00 bits per heavy atom. The smallest absolute Gasteiger partial charge is 0.320 e. The lowest BCUT2D eigenvalue weighted by atomic mass is 10.0. The van der Waals surface area contributed by atoms with E-state index in [1.807, 2.05) is 4.90 Å². The van der Waals surface area contributed by atoms with Crippen LogP contribution in [0.5, 0.6) is 0 Å².